The van der Waals surface area contributed by atoms with Crippen LogP contribution in [0.2, 0.25) is 0 Å². The highest BCUT2D eigenvalue weighted by molar-refractivity contribution is 5.30. The molecule has 1 atom stereocenters. The fourth-order valence-electron chi connectivity index (χ4n) is 1.58. The van der Waals surface area contributed by atoms with Gasteiger partial charge in [0, 0.05) is 23.7 Å². The Labute approximate surface area is 93.2 Å². The molecule has 4 heteroatoms. The minimum Gasteiger partial charge on any atom is -0.320 e. The molecule has 0 saturated heterocycles. The maximum absolute atomic E-state index is 13.5. The first-order valence-corrected chi connectivity index (χ1v) is 4.96. The van der Waals surface area contributed by atoms with E-state index in [1.165, 1.54) is 12.4 Å². The van der Waals surface area contributed by atoms with Gasteiger partial charge < -0.3 is 5.73 Å². The van der Waals surface area contributed by atoms with Crippen molar-refractivity contribution in [3.05, 3.63) is 59.4 Å². The number of pyridine rings is 2. The van der Waals surface area contributed by atoms with Crippen molar-refractivity contribution in [1.29, 1.82) is 0 Å². The minimum absolute atomic E-state index is 0.385. The quantitative estimate of drug-likeness (QED) is 0.836. The number of aromatic nitrogens is 2. The lowest BCUT2D eigenvalue weighted by atomic mass is 10.0. The summed E-state index contributed by atoms with van der Waals surface area (Å²) in [5, 5.41) is 0. The number of nitrogens with two attached hydrogens (primary N) is 1. The maximum Gasteiger partial charge on any atom is 0.146 e. The Balaban J connectivity index is 2.39. The lowest BCUT2D eigenvalue weighted by Crippen LogP contribution is -2.14. The molecule has 82 valence electrons. The molecule has 2 heterocycles. The van der Waals surface area contributed by atoms with E-state index in [1.54, 1.807) is 18.3 Å². The van der Waals surface area contributed by atoms with Crippen molar-refractivity contribution in [2.75, 3.05) is 0 Å². The average Bonchev–Trinajstić information content (AvgIpc) is 2.29. The predicted molar refractivity (Wildman–Crippen MR) is 59.2 cm³/mol. The highest BCUT2D eigenvalue weighted by Crippen LogP contribution is 2.21. The molecule has 0 aliphatic heterocycles. The van der Waals surface area contributed by atoms with Crippen LogP contribution in [0.5, 0.6) is 0 Å². The lowest BCUT2D eigenvalue weighted by Gasteiger charge is -2.13. The van der Waals surface area contributed by atoms with Crippen LogP contribution < -0.4 is 5.73 Å². The second kappa shape index (κ2) is 4.37. The van der Waals surface area contributed by atoms with Gasteiger partial charge in [-0.25, -0.2) is 4.39 Å². The molecule has 1 unspecified atom stereocenters. The van der Waals surface area contributed by atoms with Crippen LogP contribution in [0, 0.1) is 12.7 Å². The van der Waals surface area contributed by atoms with E-state index in [1.807, 2.05) is 13.0 Å². The molecule has 2 N–H and O–H groups in total. The molecular weight excluding hydrogens is 205 g/mol. The van der Waals surface area contributed by atoms with Gasteiger partial charge in [0.1, 0.15) is 5.82 Å². The number of hydrogen-bond acceptors (Lipinski definition) is 3. The van der Waals surface area contributed by atoms with Gasteiger partial charge >= 0.3 is 0 Å². The summed E-state index contributed by atoms with van der Waals surface area (Å²) in [7, 11) is 0. The van der Waals surface area contributed by atoms with Gasteiger partial charge in [-0.2, -0.15) is 0 Å². The third kappa shape index (κ3) is 2.06. The molecule has 0 saturated carbocycles. The molecule has 3 nitrogen and oxygen atoms in total. The van der Waals surface area contributed by atoms with Gasteiger partial charge in [0.15, 0.2) is 0 Å². The van der Waals surface area contributed by atoms with E-state index in [0.29, 0.717) is 5.56 Å². The molecule has 2 rings (SSSR count). The third-order valence-corrected chi connectivity index (χ3v) is 2.42. The van der Waals surface area contributed by atoms with Gasteiger partial charge in [0.05, 0.1) is 12.2 Å². The van der Waals surface area contributed by atoms with Gasteiger partial charge in [-0.1, -0.05) is 0 Å². The van der Waals surface area contributed by atoms with Crippen molar-refractivity contribution in [2.24, 2.45) is 5.73 Å². The zero-order chi connectivity index (χ0) is 11.5. The first-order chi connectivity index (χ1) is 7.68. The van der Waals surface area contributed by atoms with Crippen LogP contribution in [0.25, 0.3) is 0 Å². The molecule has 0 aliphatic carbocycles. The molecular formula is C12H12FN3. The molecule has 16 heavy (non-hydrogen) atoms. The molecule has 0 fully saturated rings. The van der Waals surface area contributed by atoms with Crippen LogP contribution in [-0.2, 0) is 0 Å². The Morgan fingerprint density at radius 1 is 1.31 bits per heavy atom. The summed E-state index contributed by atoms with van der Waals surface area (Å²) >= 11 is 0. The number of hydrogen-bond donors (Lipinski definition) is 1. The second-order valence-corrected chi connectivity index (χ2v) is 3.61. The Hall–Kier alpha value is -1.81. The second-order valence-electron chi connectivity index (χ2n) is 3.61. The van der Waals surface area contributed by atoms with E-state index in [0.717, 1.165) is 11.3 Å². The van der Waals surface area contributed by atoms with Crippen molar-refractivity contribution < 1.29 is 4.39 Å². The number of halogens is 1. The molecule has 0 bridgehead atoms. The summed E-state index contributed by atoms with van der Waals surface area (Å²) in [6, 6.07) is 4.75. The van der Waals surface area contributed by atoms with Gasteiger partial charge in [0.2, 0.25) is 0 Å². The van der Waals surface area contributed by atoms with Crippen LogP contribution >= 0.6 is 0 Å². The van der Waals surface area contributed by atoms with E-state index >= 15 is 0 Å². The maximum atomic E-state index is 13.5. The van der Waals surface area contributed by atoms with Crippen molar-refractivity contribution in [3.8, 4) is 0 Å². The Kier molecular flexibility index (Phi) is 2.92. The van der Waals surface area contributed by atoms with Gasteiger partial charge in [-0.15, -0.1) is 0 Å². The SMILES string of the molecule is Cc1cc(C(N)c2ccncc2F)ccn1. The smallest absolute Gasteiger partial charge is 0.146 e. The van der Waals surface area contributed by atoms with Crippen LogP contribution in [-0.4, -0.2) is 9.97 Å². The van der Waals surface area contributed by atoms with E-state index < -0.39 is 6.04 Å². The first-order valence-electron chi connectivity index (χ1n) is 4.96. The fraction of sp³-hybridized carbons (Fsp3) is 0.167. The van der Waals surface area contributed by atoms with Crippen molar-refractivity contribution in [3.63, 3.8) is 0 Å². The summed E-state index contributed by atoms with van der Waals surface area (Å²) in [6.45, 7) is 1.87. The fourth-order valence-corrected chi connectivity index (χ4v) is 1.58. The van der Waals surface area contributed by atoms with Crippen LogP contribution in [0.4, 0.5) is 4.39 Å². The zero-order valence-corrected chi connectivity index (χ0v) is 8.89. The van der Waals surface area contributed by atoms with Crippen LogP contribution in [0.15, 0.2) is 36.8 Å². The highest BCUT2D eigenvalue weighted by atomic mass is 19.1. The third-order valence-electron chi connectivity index (χ3n) is 2.42. The lowest BCUT2D eigenvalue weighted by molar-refractivity contribution is 0.593. The first kappa shape index (κ1) is 10.7. The standard InChI is InChI=1S/C12H12FN3/c1-8-6-9(2-5-16-8)12(14)10-3-4-15-7-11(10)13/h2-7,12H,14H2,1H3. The molecule has 0 spiro atoms. The summed E-state index contributed by atoms with van der Waals surface area (Å²) in [5.74, 6) is -0.385. The zero-order valence-electron chi connectivity index (χ0n) is 8.89. The average molecular weight is 217 g/mol. The summed E-state index contributed by atoms with van der Waals surface area (Å²) in [6.07, 6.45) is 4.37. The largest absolute Gasteiger partial charge is 0.320 e. The van der Waals surface area contributed by atoms with E-state index in [4.69, 9.17) is 5.73 Å². The number of rotatable bonds is 2. The highest BCUT2D eigenvalue weighted by Gasteiger charge is 2.13. The topological polar surface area (TPSA) is 51.8 Å². The minimum atomic E-state index is -0.482. The molecule has 2 aromatic rings. The number of aryl methyl sites for hydroxylation is 1. The Morgan fingerprint density at radius 3 is 2.81 bits per heavy atom. The molecule has 0 radical (unpaired) electrons. The Morgan fingerprint density at radius 2 is 2.12 bits per heavy atom. The molecule has 0 aliphatic rings. The van der Waals surface area contributed by atoms with Gasteiger partial charge in [-0.05, 0) is 30.7 Å². The van der Waals surface area contributed by atoms with E-state index in [2.05, 4.69) is 9.97 Å². The van der Waals surface area contributed by atoms with E-state index in [9.17, 15) is 4.39 Å². The van der Waals surface area contributed by atoms with Crippen molar-refractivity contribution in [1.82, 2.24) is 9.97 Å². The van der Waals surface area contributed by atoms with Gasteiger partial charge in [-0.3, -0.25) is 9.97 Å². The van der Waals surface area contributed by atoms with Crippen LogP contribution in [0.3, 0.4) is 0 Å². The van der Waals surface area contributed by atoms with Gasteiger partial charge in [0.25, 0.3) is 0 Å². The molecule has 0 amide bonds. The van der Waals surface area contributed by atoms with Crippen molar-refractivity contribution >= 4 is 0 Å². The summed E-state index contributed by atoms with van der Waals surface area (Å²) < 4.78 is 13.5. The Bertz CT molecular complexity index is 499. The normalized spacial score (nSPS) is 12.4. The summed E-state index contributed by atoms with van der Waals surface area (Å²) in [5.41, 5.74) is 8.14. The monoisotopic (exact) mass is 217 g/mol. The van der Waals surface area contributed by atoms with Crippen molar-refractivity contribution in [2.45, 2.75) is 13.0 Å². The summed E-state index contributed by atoms with van der Waals surface area (Å²) in [4.78, 5) is 7.77. The predicted octanol–water partition coefficient (Wildman–Crippen LogP) is 1.97. The molecule has 2 aromatic heterocycles. The van der Waals surface area contributed by atoms with E-state index in [-0.39, 0.29) is 5.82 Å². The number of nitrogens with zero attached hydrogens (tertiary/aromatic N) is 2. The molecule has 0 aromatic carbocycles. The van der Waals surface area contributed by atoms with Crippen LogP contribution in [0.1, 0.15) is 22.9 Å².